The van der Waals surface area contributed by atoms with Crippen molar-refractivity contribution >= 4 is 64.8 Å². The first-order chi connectivity index (χ1) is 53.5. The number of aromatic nitrogens is 6. The van der Waals surface area contributed by atoms with Gasteiger partial charge in [0.1, 0.15) is 0 Å². The molecular formula is C102H66N6. The van der Waals surface area contributed by atoms with Crippen molar-refractivity contribution in [3.8, 4) is 135 Å². The van der Waals surface area contributed by atoms with Crippen molar-refractivity contribution in [3.63, 3.8) is 0 Å². The zero-order valence-corrected chi connectivity index (χ0v) is 58.8. The fourth-order valence-electron chi connectivity index (χ4n) is 15.0. The van der Waals surface area contributed by atoms with Crippen LogP contribution in [-0.2, 0) is 0 Å². The summed E-state index contributed by atoms with van der Waals surface area (Å²) < 4.78 is 0. The Bertz CT molecular complexity index is 6600. The Morgan fingerprint density at radius 2 is 0.537 bits per heavy atom. The van der Waals surface area contributed by atoms with Crippen molar-refractivity contribution in [2.75, 3.05) is 0 Å². The van der Waals surface area contributed by atoms with Crippen LogP contribution in [0.2, 0.25) is 0 Å². The molecular weight excluding hydrogens is 1310 g/mol. The summed E-state index contributed by atoms with van der Waals surface area (Å²) in [6.45, 7) is 0. The highest BCUT2D eigenvalue weighted by Gasteiger charge is 2.18. The molecule has 0 radical (unpaired) electrons. The van der Waals surface area contributed by atoms with Gasteiger partial charge in [0.25, 0.3) is 0 Å². The molecule has 0 spiro atoms. The van der Waals surface area contributed by atoms with Crippen LogP contribution in [0.1, 0.15) is 0 Å². The van der Waals surface area contributed by atoms with Crippen molar-refractivity contribution in [2.45, 2.75) is 0 Å². The topological polar surface area (TPSA) is 77.3 Å². The lowest BCUT2D eigenvalue weighted by Gasteiger charge is -2.14. The quantitative estimate of drug-likeness (QED) is 0.113. The van der Waals surface area contributed by atoms with Crippen LogP contribution in [0.3, 0.4) is 0 Å². The van der Waals surface area contributed by atoms with Crippen LogP contribution >= 0.6 is 0 Å². The van der Waals surface area contributed by atoms with Gasteiger partial charge >= 0.3 is 0 Å². The molecule has 4 aromatic heterocycles. The SMILES string of the molecule is c1ccc(-c2ccc(-c3cc(-c4ccc(-c5cnc6ccccc6c5)cc4)nc(-c4ccc(-c5ccc6ccccc6c5)cc4)n3)cc2)cc1.c1cncc(-c2ccc(-c3cc(-c4cccc(-c5cc6ccccc6c6ccccc56)c4)nc(-c4ccc(-c5cc6ccccc6c6ccccc56)cc4)n3)cc2)c1. The Kier molecular flexibility index (Phi) is 16.9. The van der Waals surface area contributed by atoms with Crippen LogP contribution in [0.5, 0.6) is 0 Å². The molecule has 0 aliphatic heterocycles. The van der Waals surface area contributed by atoms with Gasteiger partial charge in [-0.3, -0.25) is 9.97 Å². The van der Waals surface area contributed by atoms with Crippen LogP contribution in [0.4, 0.5) is 0 Å². The monoisotopic (exact) mass is 1370 g/mol. The number of hydrogen-bond acceptors (Lipinski definition) is 6. The first-order valence-electron chi connectivity index (χ1n) is 36.5. The number of para-hydroxylation sites is 1. The minimum Gasteiger partial charge on any atom is -0.264 e. The van der Waals surface area contributed by atoms with E-state index in [-0.39, 0.29) is 0 Å². The predicted molar refractivity (Wildman–Crippen MR) is 450 cm³/mol. The van der Waals surface area contributed by atoms with Crippen LogP contribution in [-0.4, -0.2) is 29.9 Å². The molecule has 0 N–H and O–H groups in total. The first-order valence-corrected chi connectivity index (χ1v) is 36.5. The van der Waals surface area contributed by atoms with Gasteiger partial charge in [-0.2, -0.15) is 0 Å². The average molecular weight is 1380 g/mol. The minimum absolute atomic E-state index is 0.681. The summed E-state index contributed by atoms with van der Waals surface area (Å²) in [7, 11) is 0. The highest BCUT2D eigenvalue weighted by atomic mass is 14.9. The van der Waals surface area contributed by atoms with E-state index >= 15 is 0 Å². The maximum Gasteiger partial charge on any atom is 0.160 e. The second-order valence-corrected chi connectivity index (χ2v) is 27.4. The fraction of sp³-hybridized carbons (Fsp3) is 0. The lowest BCUT2D eigenvalue weighted by atomic mass is 9.92. The van der Waals surface area contributed by atoms with Crippen molar-refractivity contribution in [1.29, 1.82) is 0 Å². The third-order valence-corrected chi connectivity index (χ3v) is 20.7. The lowest BCUT2D eigenvalue weighted by Crippen LogP contribution is -1.96. The predicted octanol–water partition coefficient (Wildman–Crippen LogP) is 26.7. The highest BCUT2D eigenvalue weighted by Crippen LogP contribution is 2.41. The Labute approximate surface area is 626 Å². The van der Waals surface area contributed by atoms with Gasteiger partial charge in [-0.25, -0.2) is 19.9 Å². The Morgan fingerprint density at radius 3 is 1.09 bits per heavy atom. The number of pyridine rings is 2. The molecule has 0 unspecified atom stereocenters. The summed E-state index contributed by atoms with van der Waals surface area (Å²) in [5.74, 6) is 1.37. The van der Waals surface area contributed by atoms with E-state index in [1.807, 2.05) is 42.7 Å². The van der Waals surface area contributed by atoms with Crippen molar-refractivity contribution in [2.24, 2.45) is 0 Å². The van der Waals surface area contributed by atoms with Gasteiger partial charge in [0, 0.05) is 62.9 Å². The summed E-state index contributed by atoms with van der Waals surface area (Å²) in [5, 5.41) is 13.6. The van der Waals surface area contributed by atoms with E-state index in [9.17, 15) is 0 Å². The molecule has 0 aliphatic carbocycles. The number of benzene rings is 16. The molecule has 0 amide bonds. The smallest absolute Gasteiger partial charge is 0.160 e. The third kappa shape index (κ3) is 12.9. The molecule has 20 aromatic rings. The molecule has 0 aliphatic rings. The normalized spacial score (nSPS) is 11.3. The van der Waals surface area contributed by atoms with Gasteiger partial charge in [0.15, 0.2) is 11.6 Å². The molecule has 0 saturated carbocycles. The average Bonchev–Trinajstić information content (AvgIpc) is 0.768. The van der Waals surface area contributed by atoms with Gasteiger partial charge < -0.3 is 0 Å². The van der Waals surface area contributed by atoms with E-state index in [0.717, 1.165) is 106 Å². The molecule has 6 heteroatoms. The molecule has 4 heterocycles. The van der Waals surface area contributed by atoms with Gasteiger partial charge in [-0.05, 0) is 170 Å². The molecule has 16 aromatic carbocycles. The Balaban J connectivity index is 0.000000149. The molecule has 6 nitrogen and oxygen atoms in total. The number of hydrogen-bond donors (Lipinski definition) is 0. The van der Waals surface area contributed by atoms with E-state index < -0.39 is 0 Å². The van der Waals surface area contributed by atoms with Crippen molar-refractivity contribution in [3.05, 3.63) is 401 Å². The largest absolute Gasteiger partial charge is 0.264 e. The zero-order valence-electron chi connectivity index (χ0n) is 58.8. The summed E-state index contributed by atoms with van der Waals surface area (Å²) in [4.78, 5) is 29.8. The van der Waals surface area contributed by atoms with Gasteiger partial charge in [0.2, 0.25) is 0 Å². The first kappa shape index (κ1) is 64.4. The molecule has 0 bridgehead atoms. The minimum atomic E-state index is 0.681. The zero-order chi connectivity index (χ0) is 71.7. The van der Waals surface area contributed by atoms with Gasteiger partial charge in [-0.1, -0.05) is 328 Å². The van der Waals surface area contributed by atoms with Crippen LogP contribution in [0.15, 0.2) is 401 Å². The molecule has 504 valence electrons. The second-order valence-electron chi connectivity index (χ2n) is 27.4. The summed E-state index contributed by atoms with van der Waals surface area (Å²) in [5.41, 5.74) is 24.4. The van der Waals surface area contributed by atoms with Crippen LogP contribution in [0.25, 0.3) is 199 Å². The summed E-state index contributed by atoms with van der Waals surface area (Å²) >= 11 is 0. The van der Waals surface area contributed by atoms with Crippen molar-refractivity contribution < 1.29 is 0 Å². The Morgan fingerprint density at radius 1 is 0.167 bits per heavy atom. The van der Waals surface area contributed by atoms with Crippen LogP contribution in [0, 0.1) is 0 Å². The van der Waals surface area contributed by atoms with E-state index in [2.05, 4.69) is 362 Å². The summed E-state index contributed by atoms with van der Waals surface area (Å²) in [6.07, 6.45) is 5.64. The Hall–Kier alpha value is -14.5. The van der Waals surface area contributed by atoms with E-state index in [1.165, 1.54) is 81.7 Å². The van der Waals surface area contributed by atoms with E-state index in [4.69, 9.17) is 19.9 Å². The molecule has 0 saturated heterocycles. The standard InChI is InChI=1S/C55H35N3.C47H31N3/c1-3-16-45-41(11-1)32-51(49-20-7-5-18-47(45)49)37-24-28-39(29-25-37)55-57-53(38-26-22-36(23-27-38)44-15-10-30-56-35-44)34-54(58-55)43-14-9-13-40(31-43)52-33-42-12-2-4-17-46(42)48-19-6-8-21-50(48)52;1-2-8-32(9-3-1)34-14-21-37(22-15-34)45-30-46(38-23-16-36(17-24-38)43-29-42-12-6-7-13-44(42)48-31-43)50-47(49-45)39-25-18-35(19-26-39)41-27-20-33-10-4-5-11-40(33)28-41/h1-35H;1-31H. The molecule has 108 heavy (non-hydrogen) atoms. The van der Waals surface area contributed by atoms with Crippen LogP contribution < -0.4 is 0 Å². The highest BCUT2D eigenvalue weighted by molar-refractivity contribution is 6.15. The van der Waals surface area contributed by atoms with Gasteiger partial charge in [-0.15, -0.1) is 0 Å². The molecule has 20 rings (SSSR count). The maximum absolute atomic E-state index is 5.29. The third-order valence-electron chi connectivity index (χ3n) is 20.7. The number of nitrogens with zero attached hydrogens (tertiary/aromatic N) is 6. The fourth-order valence-corrected chi connectivity index (χ4v) is 15.0. The second kappa shape index (κ2) is 28.3. The number of fused-ring (bicyclic) bond motifs is 8. The van der Waals surface area contributed by atoms with E-state index in [0.29, 0.717) is 11.6 Å². The van der Waals surface area contributed by atoms with E-state index in [1.54, 1.807) is 6.20 Å². The number of rotatable bonds is 12. The lowest BCUT2D eigenvalue weighted by molar-refractivity contribution is 1.18. The maximum atomic E-state index is 5.29. The molecule has 0 atom stereocenters. The van der Waals surface area contributed by atoms with Crippen molar-refractivity contribution in [1.82, 2.24) is 29.9 Å². The van der Waals surface area contributed by atoms with Gasteiger partial charge in [0.05, 0.1) is 28.3 Å². The summed E-state index contributed by atoms with van der Waals surface area (Å²) in [6, 6.07) is 135. The molecule has 0 fully saturated rings.